The summed E-state index contributed by atoms with van der Waals surface area (Å²) in [5.41, 5.74) is 0.998. The van der Waals surface area contributed by atoms with Gasteiger partial charge in [0.05, 0.1) is 5.92 Å². The molecule has 1 saturated heterocycles. The maximum absolute atomic E-state index is 13.0. The van der Waals surface area contributed by atoms with E-state index in [1.807, 2.05) is 18.2 Å². The first-order valence-electron chi connectivity index (χ1n) is 12.2. The molecule has 1 aliphatic carbocycles. The summed E-state index contributed by atoms with van der Waals surface area (Å²) in [7, 11) is 0. The van der Waals surface area contributed by atoms with Gasteiger partial charge in [-0.25, -0.2) is 0 Å². The fourth-order valence-corrected chi connectivity index (χ4v) is 4.99. The molecular formula is C25H36N2O4. The van der Waals surface area contributed by atoms with Gasteiger partial charge in [0.25, 0.3) is 0 Å². The van der Waals surface area contributed by atoms with Gasteiger partial charge in [0.1, 0.15) is 0 Å². The van der Waals surface area contributed by atoms with Crippen molar-refractivity contribution in [1.82, 2.24) is 10.2 Å². The molecule has 6 heteroatoms. The summed E-state index contributed by atoms with van der Waals surface area (Å²) in [4.78, 5) is 27.3. The molecule has 4 rings (SSSR count). The van der Waals surface area contributed by atoms with Crippen molar-refractivity contribution < 1.29 is 19.1 Å². The van der Waals surface area contributed by atoms with Gasteiger partial charge in [0, 0.05) is 25.6 Å². The lowest BCUT2D eigenvalue weighted by atomic mass is 9.97. The molecular weight excluding hydrogens is 392 g/mol. The van der Waals surface area contributed by atoms with Crippen molar-refractivity contribution in [2.75, 3.05) is 13.3 Å². The molecule has 2 heterocycles. The molecule has 0 aromatic heterocycles. The van der Waals surface area contributed by atoms with E-state index in [2.05, 4.69) is 5.32 Å². The number of benzene rings is 1. The predicted molar refractivity (Wildman–Crippen MR) is 119 cm³/mol. The Balaban J connectivity index is 1.28. The highest BCUT2D eigenvalue weighted by Gasteiger charge is 2.35. The summed E-state index contributed by atoms with van der Waals surface area (Å²) in [6, 6.07) is 6.02. The minimum atomic E-state index is -0.247. The number of fused-ring (bicyclic) bond motifs is 1. The average molecular weight is 429 g/mol. The number of ether oxygens (including phenoxy) is 2. The summed E-state index contributed by atoms with van der Waals surface area (Å²) >= 11 is 0. The number of rotatable bonds is 4. The summed E-state index contributed by atoms with van der Waals surface area (Å²) in [6.07, 6.45) is 14.0. The highest BCUT2D eigenvalue weighted by molar-refractivity contribution is 5.89. The topological polar surface area (TPSA) is 67.9 Å². The number of likely N-dealkylation sites (tertiary alicyclic amines) is 1. The van der Waals surface area contributed by atoms with Crippen LogP contribution >= 0.6 is 0 Å². The van der Waals surface area contributed by atoms with E-state index in [0.717, 1.165) is 29.9 Å². The Labute approximate surface area is 185 Å². The van der Waals surface area contributed by atoms with Gasteiger partial charge in [-0.05, 0) is 30.5 Å². The van der Waals surface area contributed by atoms with Crippen LogP contribution in [0.25, 0.3) is 0 Å². The van der Waals surface area contributed by atoms with Crippen molar-refractivity contribution in [1.29, 1.82) is 0 Å². The average Bonchev–Trinajstić information content (AvgIpc) is 3.36. The summed E-state index contributed by atoms with van der Waals surface area (Å²) in [5.74, 6) is 1.32. The molecule has 1 saturated carbocycles. The van der Waals surface area contributed by atoms with Crippen molar-refractivity contribution in [2.24, 2.45) is 5.92 Å². The Morgan fingerprint density at radius 3 is 2.29 bits per heavy atom. The highest BCUT2D eigenvalue weighted by Crippen LogP contribution is 2.33. The molecule has 1 aromatic carbocycles. The first-order valence-corrected chi connectivity index (χ1v) is 12.2. The van der Waals surface area contributed by atoms with Gasteiger partial charge in [0.2, 0.25) is 18.6 Å². The molecule has 31 heavy (non-hydrogen) atoms. The van der Waals surface area contributed by atoms with Crippen molar-refractivity contribution in [2.45, 2.75) is 89.6 Å². The number of carbonyl (C=O) groups excluding carboxylic acids is 2. The van der Waals surface area contributed by atoms with E-state index in [1.54, 1.807) is 4.90 Å². The second-order valence-corrected chi connectivity index (χ2v) is 9.33. The third-order valence-corrected chi connectivity index (χ3v) is 6.85. The van der Waals surface area contributed by atoms with Crippen LogP contribution in [0.3, 0.4) is 0 Å². The molecule has 2 fully saturated rings. The zero-order valence-electron chi connectivity index (χ0n) is 18.6. The van der Waals surface area contributed by atoms with Gasteiger partial charge in [-0.2, -0.15) is 0 Å². The molecule has 0 spiro atoms. The fourth-order valence-electron chi connectivity index (χ4n) is 4.99. The van der Waals surface area contributed by atoms with Gasteiger partial charge >= 0.3 is 0 Å². The van der Waals surface area contributed by atoms with E-state index in [1.165, 1.54) is 57.8 Å². The van der Waals surface area contributed by atoms with Gasteiger partial charge in [-0.15, -0.1) is 0 Å². The Kier molecular flexibility index (Phi) is 7.71. The smallest absolute Gasteiger partial charge is 0.231 e. The predicted octanol–water partition coefficient (Wildman–Crippen LogP) is 4.55. The standard InChI is InChI=1S/C25H36N2O4/c28-24-15-20(17-27(24)16-19-12-13-22-23(14-19)31-18-30-22)25(29)26-21-10-8-6-4-2-1-3-5-7-9-11-21/h12-14,20-21H,1-11,15-18H2,(H,26,29). The quantitative estimate of drug-likeness (QED) is 0.764. The lowest BCUT2D eigenvalue weighted by molar-refractivity contribution is -0.129. The molecule has 1 aromatic rings. The molecule has 1 atom stereocenters. The first-order chi connectivity index (χ1) is 15.2. The summed E-state index contributed by atoms with van der Waals surface area (Å²) in [6.45, 7) is 1.24. The second kappa shape index (κ2) is 10.9. The molecule has 0 bridgehead atoms. The maximum Gasteiger partial charge on any atom is 0.231 e. The molecule has 3 aliphatic rings. The van der Waals surface area contributed by atoms with E-state index in [4.69, 9.17) is 9.47 Å². The number of nitrogens with zero attached hydrogens (tertiary/aromatic N) is 1. The van der Waals surface area contributed by atoms with Crippen LogP contribution in [0.15, 0.2) is 18.2 Å². The van der Waals surface area contributed by atoms with Gasteiger partial charge < -0.3 is 19.7 Å². The minimum Gasteiger partial charge on any atom is -0.454 e. The van der Waals surface area contributed by atoms with Crippen LogP contribution in [0.2, 0.25) is 0 Å². The molecule has 1 unspecified atom stereocenters. The number of hydrogen-bond acceptors (Lipinski definition) is 4. The van der Waals surface area contributed by atoms with Crippen LogP contribution in [0.1, 0.15) is 82.6 Å². The van der Waals surface area contributed by atoms with E-state index in [9.17, 15) is 9.59 Å². The van der Waals surface area contributed by atoms with Crippen LogP contribution in [0.4, 0.5) is 0 Å². The second-order valence-electron chi connectivity index (χ2n) is 9.33. The minimum absolute atomic E-state index is 0.0523. The maximum atomic E-state index is 13.0. The van der Waals surface area contributed by atoms with Crippen LogP contribution in [-0.4, -0.2) is 36.1 Å². The van der Waals surface area contributed by atoms with Crippen molar-refractivity contribution >= 4 is 11.8 Å². The largest absolute Gasteiger partial charge is 0.454 e. The lowest BCUT2D eigenvalue weighted by Gasteiger charge is -2.22. The molecule has 2 aliphatic heterocycles. The molecule has 2 amide bonds. The van der Waals surface area contributed by atoms with E-state index < -0.39 is 0 Å². The van der Waals surface area contributed by atoms with E-state index in [0.29, 0.717) is 19.5 Å². The molecule has 0 radical (unpaired) electrons. The van der Waals surface area contributed by atoms with Crippen LogP contribution in [0, 0.1) is 5.92 Å². The molecule has 170 valence electrons. The monoisotopic (exact) mass is 428 g/mol. The third-order valence-electron chi connectivity index (χ3n) is 6.85. The Hall–Kier alpha value is -2.24. The fraction of sp³-hybridized carbons (Fsp3) is 0.680. The van der Waals surface area contributed by atoms with E-state index in [-0.39, 0.29) is 30.6 Å². The number of carbonyl (C=O) groups is 2. The van der Waals surface area contributed by atoms with Gasteiger partial charge in [0.15, 0.2) is 11.5 Å². The van der Waals surface area contributed by atoms with Crippen molar-refractivity contribution in [3.63, 3.8) is 0 Å². The lowest BCUT2D eigenvalue weighted by Crippen LogP contribution is -2.40. The Bertz CT molecular complexity index is 754. The number of hydrogen-bond donors (Lipinski definition) is 1. The number of amides is 2. The van der Waals surface area contributed by atoms with Crippen molar-refractivity contribution in [3.05, 3.63) is 23.8 Å². The normalized spacial score (nSPS) is 23.3. The highest BCUT2D eigenvalue weighted by atomic mass is 16.7. The van der Waals surface area contributed by atoms with Gasteiger partial charge in [-0.3, -0.25) is 9.59 Å². The van der Waals surface area contributed by atoms with Crippen LogP contribution in [-0.2, 0) is 16.1 Å². The third kappa shape index (κ3) is 6.14. The van der Waals surface area contributed by atoms with Crippen LogP contribution < -0.4 is 14.8 Å². The van der Waals surface area contributed by atoms with Crippen molar-refractivity contribution in [3.8, 4) is 11.5 Å². The Morgan fingerprint density at radius 1 is 0.935 bits per heavy atom. The van der Waals surface area contributed by atoms with E-state index >= 15 is 0 Å². The van der Waals surface area contributed by atoms with Gasteiger partial charge in [-0.1, -0.05) is 63.9 Å². The Morgan fingerprint density at radius 2 is 1.58 bits per heavy atom. The first kappa shape index (κ1) is 22.0. The molecule has 6 nitrogen and oxygen atoms in total. The zero-order valence-corrected chi connectivity index (χ0v) is 18.6. The number of nitrogens with one attached hydrogen (secondary N) is 1. The summed E-state index contributed by atoms with van der Waals surface area (Å²) < 4.78 is 10.8. The SMILES string of the molecule is O=C(NC1CCCCCCCCCCC1)C1CC(=O)N(Cc2ccc3c(c2)OCO3)C1. The molecule has 1 N–H and O–H groups in total. The zero-order chi connectivity index (χ0) is 21.5. The summed E-state index contributed by atoms with van der Waals surface area (Å²) in [5, 5.41) is 3.30. The van der Waals surface area contributed by atoms with Crippen LogP contribution in [0.5, 0.6) is 11.5 Å².